The largest absolute Gasteiger partial charge is 0.303 e. The summed E-state index contributed by atoms with van der Waals surface area (Å²) in [6.45, 7) is 0. The minimum Gasteiger partial charge on any atom is -0.303 e. The molecule has 0 atom stereocenters. The highest BCUT2D eigenvalue weighted by Gasteiger charge is 2.28. The molecule has 0 bridgehead atoms. The summed E-state index contributed by atoms with van der Waals surface area (Å²) in [6, 6.07) is 0. The third-order valence-corrected chi connectivity index (χ3v) is 2.73. The fourth-order valence-corrected chi connectivity index (χ4v) is 1.87. The molecule has 10 heavy (non-hydrogen) atoms. The number of rotatable bonds is 2. The summed E-state index contributed by atoms with van der Waals surface area (Å²) in [5.41, 5.74) is 0. The fourth-order valence-electron chi connectivity index (χ4n) is 1.54. The molecular formula is C8H13ClO. The van der Waals surface area contributed by atoms with Crippen LogP contribution < -0.4 is 0 Å². The number of carbonyl (C=O) groups excluding carboxylic acids is 1. The second kappa shape index (κ2) is 3.38. The Kier molecular flexibility index (Phi) is 2.72. The zero-order valence-corrected chi connectivity index (χ0v) is 6.86. The molecule has 0 spiro atoms. The lowest BCUT2D eigenvalue weighted by atomic mass is 9.86. The summed E-state index contributed by atoms with van der Waals surface area (Å²) in [5, 5.41) is 0. The Balaban J connectivity index is 2.39. The molecule has 2 heteroatoms. The Labute approximate surface area is 66.8 Å². The Morgan fingerprint density at radius 1 is 1.30 bits per heavy atom. The maximum absolute atomic E-state index is 10.2. The van der Waals surface area contributed by atoms with Crippen molar-refractivity contribution >= 4 is 17.9 Å². The molecule has 1 aliphatic carbocycles. The highest BCUT2D eigenvalue weighted by atomic mass is 35.5. The number of hydrogen-bond acceptors (Lipinski definition) is 1. The zero-order valence-electron chi connectivity index (χ0n) is 6.11. The number of alkyl halides is 1. The van der Waals surface area contributed by atoms with Crippen molar-refractivity contribution in [3.63, 3.8) is 0 Å². The molecule has 1 nitrogen and oxygen atoms in total. The van der Waals surface area contributed by atoms with Crippen molar-refractivity contribution in [3.8, 4) is 0 Å². The number of aldehydes is 1. The Bertz CT molecular complexity index is 116. The van der Waals surface area contributed by atoms with Crippen LogP contribution in [0.1, 0.15) is 38.5 Å². The molecule has 0 aromatic carbocycles. The van der Waals surface area contributed by atoms with Crippen LogP contribution in [-0.4, -0.2) is 11.2 Å². The van der Waals surface area contributed by atoms with E-state index < -0.39 is 0 Å². The van der Waals surface area contributed by atoms with E-state index in [1.54, 1.807) is 0 Å². The zero-order chi connectivity index (χ0) is 7.45. The second-order valence-corrected chi connectivity index (χ2v) is 3.88. The predicted octanol–water partition coefficient (Wildman–Crippen LogP) is 2.52. The van der Waals surface area contributed by atoms with E-state index in [1.165, 1.54) is 19.3 Å². The summed E-state index contributed by atoms with van der Waals surface area (Å²) < 4.78 is 0. The Morgan fingerprint density at radius 3 is 2.40 bits per heavy atom. The van der Waals surface area contributed by atoms with Crippen molar-refractivity contribution in [2.45, 2.75) is 43.4 Å². The lowest BCUT2D eigenvalue weighted by Crippen LogP contribution is -2.24. The van der Waals surface area contributed by atoms with E-state index in [4.69, 9.17) is 11.6 Å². The van der Waals surface area contributed by atoms with E-state index in [0.29, 0.717) is 6.42 Å². The fraction of sp³-hybridized carbons (Fsp3) is 0.875. The molecule has 0 amide bonds. The van der Waals surface area contributed by atoms with Crippen molar-refractivity contribution in [3.05, 3.63) is 0 Å². The van der Waals surface area contributed by atoms with Gasteiger partial charge in [0.2, 0.25) is 0 Å². The predicted molar refractivity (Wildman–Crippen MR) is 42.4 cm³/mol. The van der Waals surface area contributed by atoms with E-state index >= 15 is 0 Å². The highest BCUT2D eigenvalue weighted by Crippen LogP contribution is 2.35. The molecular weight excluding hydrogens is 148 g/mol. The van der Waals surface area contributed by atoms with Crippen molar-refractivity contribution in [2.75, 3.05) is 0 Å². The first-order valence-electron chi connectivity index (χ1n) is 3.89. The molecule has 0 heterocycles. The van der Waals surface area contributed by atoms with Crippen LogP contribution in [-0.2, 0) is 4.79 Å². The van der Waals surface area contributed by atoms with Crippen LogP contribution in [0.5, 0.6) is 0 Å². The molecule has 1 fully saturated rings. The smallest absolute Gasteiger partial charge is 0.121 e. The monoisotopic (exact) mass is 160 g/mol. The van der Waals surface area contributed by atoms with Gasteiger partial charge in [-0.15, -0.1) is 11.6 Å². The van der Waals surface area contributed by atoms with Crippen molar-refractivity contribution in [1.29, 1.82) is 0 Å². The van der Waals surface area contributed by atoms with Crippen LogP contribution >= 0.6 is 11.6 Å². The number of halogens is 1. The number of carbonyl (C=O) groups is 1. The molecule has 0 aromatic rings. The first kappa shape index (κ1) is 8.06. The van der Waals surface area contributed by atoms with Gasteiger partial charge in [0.05, 0.1) is 4.87 Å². The number of hydrogen-bond donors (Lipinski definition) is 0. The first-order chi connectivity index (χ1) is 4.77. The van der Waals surface area contributed by atoms with Gasteiger partial charge in [-0.2, -0.15) is 0 Å². The van der Waals surface area contributed by atoms with Crippen LogP contribution in [0.4, 0.5) is 0 Å². The van der Waals surface area contributed by atoms with E-state index in [2.05, 4.69) is 0 Å². The third-order valence-electron chi connectivity index (χ3n) is 2.20. The van der Waals surface area contributed by atoms with Gasteiger partial charge < -0.3 is 4.79 Å². The average Bonchev–Trinajstić information content (AvgIpc) is 1.89. The van der Waals surface area contributed by atoms with E-state index in [9.17, 15) is 4.79 Å². The summed E-state index contributed by atoms with van der Waals surface area (Å²) in [5.74, 6) is 0. The Morgan fingerprint density at radius 2 is 1.90 bits per heavy atom. The van der Waals surface area contributed by atoms with Gasteiger partial charge in [0, 0.05) is 6.42 Å². The highest BCUT2D eigenvalue weighted by molar-refractivity contribution is 6.24. The molecule has 0 aliphatic heterocycles. The van der Waals surface area contributed by atoms with Crippen LogP contribution in [0, 0.1) is 0 Å². The average molecular weight is 161 g/mol. The standard InChI is InChI=1S/C8H13ClO/c9-8(6-7-10)4-2-1-3-5-8/h7H,1-6H2. The summed E-state index contributed by atoms with van der Waals surface area (Å²) in [4.78, 5) is 10.0. The topological polar surface area (TPSA) is 17.1 Å². The van der Waals surface area contributed by atoms with E-state index in [-0.39, 0.29) is 4.87 Å². The van der Waals surface area contributed by atoms with Crippen LogP contribution in [0.25, 0.3) is 0 Å². The molecule has 1 saturated carbocycles. The maximum atomic E-state index is 10.2. The van der Waals surface area contributed by atoms with Gasteiger partial charge >= 0.3 is 0 Å². The summed E-state index contributed by atoms with van der Waals surface area (Å²) >= 11 is 6.14. The van der Waals surface area contributed by atoms with Gasteiger partial charge in [-0.05, 0) is 12.8 Å². The molecule has 0 unspecified atom stereocenters. The maximum Gasteiger partial charge on any atom is 0.121 e. The normalized spacial score (nSPS) is 24.1. The van der Waals surface area contributed by atoms with Gasteiger partial charge in [0.1, 0.15) is 6.29 Å². The molecule has 1 rings (SSSR count). The molecule has 0 N–H and O–H groups in total. The van der Waals surface area contributed by atoms with Gasteiger partial charge in [0.25, 0.3) is 0 Å². The summed E-state index contributed by atoms with van der Waals surface area (Å²) in [6.07, 6.45) is 7.19. The lowest BCUT2D eigenvalue weighted by molar-refractivity contribution is -0.108. The third kappa shape index (κ3) is 1.98. The van der Waals surface area contributed by atoms with Crippen molar-refractivity contribution in [1.82, 2.24) is 0 Å². The van der Waals surface area contributed by atoms with Crippen LogP contribution in [0.15, 0.2) is 0 Å². The molecule has 1 aliphatic rings. The van der Waals surface area contributed by atoms with Crippen molar-refractivity contribution < 1.29 is 4.79 Å². The van der Waals surface area contributed by atoms with E-state index in [1.807, 2.05) is 0 Å². The van der Waals surface area contributed by atoms with E-state index in [0.717, 1.165) is 19.1 Å². The molecule has 58 valence electrons. The minimum absolute atomic E-state index is 0.167. The van der Waals surface area contributed by atoms with Gasteiger partial charge in [-0.3, -0.25) is 0 Å². The minimum atomic E-state index is -0.167. The summed E-state index contributed by atoms with van der Waals surface area (Å²) in [7, 11) is 0. The van der Waals surface area contributed by atoms with Crippen LogP contribution in [0.2, 0.25) is 0 Å². The van der Waals surface area contributed by atoms with Gasteiger partial charge in [-0.1, -0.05) is 19.3 Å². The van der Waals surface area contributed by atoms with Gasteiger partial charge in [-0.25, -0.2) is 0 Å². The molecule has 0 radical (unpaired) electrons. The SMILES string of the molecule is O=CCC1(Cl)CCCCC1. The molecule has 0 saturated heterocycles. The first-order valence-corrected chi connectivity index (χ1v) is 4.27. The second-order valence-electron chi connectivity index (χ2n) is 3.08. The van der Waals surface area contributed by atoms with Crippen LogP contribution in [0.3, 0.4) is 0 Å². The molecule has 0 aromatic heterocycles. The lowest BCUT2D eigenvalue weighted by Gasteiger charge is -2.28. The van der Waals surface area contributed by atoms with Gasteiger partial charge in [0.15, 0.2) is 0 Å². The Hall–Kier alpha value is -0.0400. The quantitative estimate of drug-likeness (QED) is 0.448. The van der Waals surface area contributed by atoms with Crippen molar-refractivity contribution in [2.24, 2.45) is 0 Å².